The first-order chi connectivity index (χ1) is 8.69. The highest BCUT2D eigenvalue weighted by molar-refractivity contribution is 5.54. The molecule has 1 aromatic rings. The molecule has 0 heterocycles. The standard InChI is InChI=1S/C14H20N2.C2H6/c1-5-15-11(3)13-7-9-14(10-8-13)12(4)16-6-2;1-2/h5-12H,1-4H3;1-2H3. The monoisotopic (exact) mass is 246 g/mol. The van der Waals surface area contributed by atoms with E-state index in [2.05, 4.69) is 48.1 Å². The summed E-state index contributed by atoms with van der Waals surface area (Å²) in [5.41, 5.74) is 2.49. The summed E-state index contributed by atoms with van der Waals surface area (Å²) in [6, 6.07) is 9.01. The summed E-state index contributed by atoms with van der Waals surface area (Å²) in [6.07, 6.45) is 3.70. The molecule has 0 radical (unpaired) electrons. The van der Waals surface area contributed by atoms with E-state index >= 15 is 0 Å². The minimum Gasteiger partial charge on any atom is -0.290 e. The fourth-order valence-electron chi connectivity index (χ4n) is 1.67. The van der Waals surface area contributed by atoms with Gasteiger partial charge in [0.1, 0.15) is 0 Å². The summed E-state index contributed by atoms with van der Waals surface area (Å²) in [6.45, 7) is 12.1. The van der Waals surface area contributed by atoms with Crippen LogP contribution in [0.4, 0.5) is 0 Å². The van der Waals surface area contributed by atoms with Gasteiger partial charge in [-0.2, -0.15) is 0 Å². The largest absolute Gasteiger partial charge is 0.290 e. The fourth-order valence-corrected chi connectivity index (χ4v) is 1.67. The van der Waals surface area contributed by atoms with Crippen molar-refractivity contribution in [3.8, 4) is 0 Å². The van der Waals surface area contributed by atoms with E-state index in [1.807, 2.05) is 40.1 Å². The number of hydrogen-bond donors (Lipinski definition) is 0. The lowest BCUT2D eigenvalue weighted by atomic mass is 10.0. The highest BCUT2D eigenvalue weighted by atomic mass is 14.8. The van der Waals surface area contributed by atoms with Gasteiger partial charge < -0.3 is 0 Å². The minimum atomic E-state index is 0.240. The molecule has 2 heteroatoms. The smallest absolute Gasteiger partial charge is 0.0716 e. The van der Waals surface area contributed by atoms with Gasteiger partial charge in [-0.3, -0.25) is 9.98 Å². The summed E-state index contributed by atoms with van der Waals surface area (Å²) < 4.78 is 0. The average molecular weight is 246 g/mol. The van der Waals surface area contributed by atoms with Gasteiger partial charge in [-0.25, -0.2) is 0 Å². The molecular weight excluding hydrogens is 220 g/mol. The van der Waals surface area contributed by atoms with Crippen LogP contribution in [0.2, 0.25) is 0 Å². The molecule has 2 unspecified atom stereocenters. The van der Waals surface area contributed by atoms with Gasteiger partial charge in [-0.15, -0.1) is 0 Å². The maximum Gasteiger partial charge on any atom is 0.0716 e. The Morgan fingerprint density at radius 1 is 0.778 bits per heavy atom. The lowest BCUT2D eigenvalue weighted by molar-refractivity contribution is 0.805. The predicted molar refractivity (Wildman–Crippen MR) is 83.0 cm³/mol. The van der Waals surface area contributed by atoms with Gasteiger partial charge in [0.15, 0.2) is 0 Å². The van der Waals surface area contributed by atoms with Crippen molar-refractivity contribution in [2.45, 2.75) is 53.6 Å². The summed E-state index contributed by atoms with van der Waals surface area (Å²) in [5.74, 6) is 0. The third-order valence-electron chi connectivity index (χ3n) is 2.65. The maximum absolute atomic E-state index is 4.35. The first kappa shape index (κ1) is 16.6. The Balaban J connectivity index is 0.00000137. The van der Waals surface area contributed by atoms with Crippen LogP contribution in [0.5, 0.6) is 0 Å². The number of benzene rings is 1. The highest BCUT2D eigenvalue weighted by Crippen LogP contribution is 2.21. The lowest BCUT2D eigenvalue weighted by Gasteiger charge is -2.10. The van der Waals surface area contributed by atoms with Crippen LogP contribution in [0, 0.1) is 0 Å². The molecule has 0 aromatic heterocycles. The van der Waals surface area contributed by atoms with Crippen molar-refractivity contribution < 1.29 is 0 Å². The van der Waals surface area contributed by atoms with E-state index in [1.165, 1.54) is 11.1 Å². The molecule has 2 atom stereocenters. The maximum atomic E-state index is 4.35. The zero-order chi connectivity index (χ0) is 14.0. The summed E-state index contributed by atoms with van der Waals surface area (Å²) in [4.78, 5) is 8.70. The van der Waals surface area contributed by atoms with E-state index in [4.69, 9.17) is 0 Å². The molecule has 0 N–H and O–H groups in total. The van der Waals surface area contributed by atoms with Crippen molar-refractivity contribution in [2.75, 3.05) is 0 Å². The number of rotatable bonds is 4. The second-order valence-electron chi connectivity index (χ2n) is 3.83. The normalized spacial score (nSPS) is 14.3. The third kappa shape index (κ3) is 5.26. The highest BCUT2D eigenvalue weighted by Gasteiger charge is 2.05. The molecule has 0 saturated carbocycles. The second kappa shape index (κ2) is 9.58. The number of aliphatic imine (C=N–C) groups is 2. The molecule has 18 heavy (non-hydrogen) atoms. The Kier molecular flexibility index (Phi) is 8.81. The fraction of sp³-hybridized carbons (Fsp3) is 0.500. The topological polar surface area (TPSA) is 24.7 Å². The van der Waals surface area contributed by atoms with Crippen LogP contribution < -0.4 is 0 Å². The van der Waals surface area contributed by atoms with Crippen LogP contribution in [-0.4, -0.2) is 12.4 Å². The van der Waals surface area contributed by atoms with Crippen molar-refractivity contribution in [3.63, 3.8) is 0 Å². The Labute approximate surface area is 112 Å². The van der Waals surface area contributed by atoms with Crippen molar-refractivity contribution >= 4 is 12.4 Å². The SMILES string of the molecule is CC.CC=NC(C)c1ccc(C(C)N=CC)cc1. The number of nitrogens with zero attached hydrogens (tertiary/aromatic N) is 2. The van der Waals surface area contributed by atoms with Crippen LogP contribution >= 0.6 is 0 Å². The van der Waals surface area contributed by atoms with E-state index in [-0.39, 0.29) is 12.1 Å². The molecule has 0 spiro atoms. The van der Waals surface area contributed by atoms with Gasteiger partial charge in [0.2, 0.25) is 0 Å². The van der Waals surface area contributed by atoms with E-state index in [1.54, 1.807) is 0 Å². The zero-order valence-electron chi connectivity index (χ0n) is 12.5. The molecular formula is C16H26N2. The molecule has 1 rings (SSSR count). The van der Waals surface area contributed by atoms with Gasteiger partial charge in [-0.05, 0) is 51.3 Å². The Morgan fingerprint density at radius 3 is 1.28 bits per heavy atom. The van der Waals surface area contributed by atoms with Gasteiger partial charge in [0.25, 0.3) is 0 Å². The van der Waals surface area contributed by atoms with Crippen LogP contribution in [0.15, 0.2) is 34.3 Å². The van der Waals surface area contributed by atoms with E-state index in [9.17, 15) is 0 Å². The van der Waals surface area contributed by atoms with Gasteiger partial charge in [0, 0.05) is 0 Å². The van der Waals surface area contributed by atoms with E-state index in [0.29, 0.717) is 0 Å². The van der Waals surface area contributed by atoms with Crippen LogP contribution in [0.25, 0.3) is 0 Å². The summed E-state index contributed by atoms with van der Waals surface area (Å²) in [5, 5.41) is 0. The molecule has 0 aliphatic rings. The molecule has 100 valence electrons. The third-order valence-corrected chi connectivity index (χ3v) is 2.65. The Bertz CT molecular complexity index is 326. The van der Waals surface area contributed by atoms with Crippen LogP contribution in [-0.2, 0) is 0 Å². The predicted octanol–water partition coefficient (Wildman–Crippen LogP) is 5.02. The van der Waals surface area contributed by atoms with E-state index < -0.39 is 0 Å². The van der Waals surface area contributed by atoms with Crippen molar-refractivity contribution in [2.24, 2.45) is 9.98 Å². The Morgan fingerprint density at radius 2 is 1.06 bits per heavy atom. The molecule has 0 fully saturated rings. The molecule has 0 saturated heterocycles. The average Bonchev–Trinajstić information content (AvgIpc) is 2.42. The van der Waals surface area contributed by atoms with Gasteiger partial charge >= 0.3 is 0 Å². The summed E-state index contributed by atoms with van der Waals surface area (Å²) in [7, 11) is 0. The van der Waals surface area contributed by atoms with Gasteiger partial charge in [0.05, 0.1) is 12.1 Å². The molecule has 0 aliphatic heterocycles. The zero-order valence-corrected chi connectivity index (χ0v) is 12.5. The molecule has 2 nitrogen and oxygen atoms in total. The molecule has 0 aliphatic carbocycles. The van der Waals surface area contributed by atoms with Gasteiger partial charge in [-0.1, -0.05) is 38.1 Å². The lowest BCUT2D eigenvalue weighted by Crippen LogP contribution is -1.93. The summed E-state index contributed by atoms with van der Waals surface area (Å²) >= 11 is 0. The minimum absolute atomic E-state index is 0.240. The van der Waals surface area contributed by atoms with E-state index in [0.717, 1.165) is 0 Å². The first-order valence-electron chi connectivity index (χ1n) is 6.74. The number of hydrogen-bond acceptors (Lipinski definition) is 2. The van der Waals surface area contributed by atoms with Crippen molar-refractivity contribution in [1.29, 1.82) is 0 Å². The van der Waals surface area contributed by atoms with Crippen molar-refractivity contribution in [1.82, 2.24) is 0 Å². The Hall–Kier alpha value is -1.44. The molecule has 1 aromatic carbocycles. The second-order valence-corrected chi connectivity index (χ2v) is 3.83. The molecule has 0 bridgehead atoms. The quantitative estimate of drug-likeness (QED) is 0.667. The van der Waals surface area contributed by atoms with Crippen molar-refractivity contribution in [3.05, 3.63) is 35.4 Å². The van der Waals surface area contributed by atoms with Crippen LogP contribution in [0.1, 0.15) is 64.8 Å². The first-order valence-corrected chi connectivity index (χ1v) is 6.74. The van der Waals surface area contributed by atoms with Crippen LogP contribution in [0.3, 0.4) is 0 Å². The molecule has 0 amide bonds.